The highest BCUT2D eigenvalue weighted by molar-refractivity contribution is 7.48. The highest BCUT2D eigenvalue weighted by atomic mass is 31.2. The Balaban J connectivity index is 1.23. The van der Waals surface area contributed by atoms with Gasteiger partial charge in [0, 0.05) is 35.3 Å². The molecule has 0 aliphatic heterocycles. The predicted octanol–water partition coefficient (Wildman–Crippen LogP) is 12.9. The van der Waals surface area contributed by atoms with E-state index in [1.165, 1.54) is 71.8 Å². The van der Waals surface area contributed by atoms with Gasteiger partial charge in [-0.3, -0.25) is 28.0 Å². The molecule has 0 aliphatic rings. The average molecular weight is 1120 g/mol. The minimum absolute atomic E-state index is 0.0202. The van der Waals surface area contributed by atoms with Crippen LogP contribution in [0.25, 0.3) is 66.1 Å². The van der Waals surface area contributed by atoms with E-state index in [1.807, 2.05) is 20.8 Å². The summed E-state index contributed by atoms with van der Waals surface area (Å²) in [6.45, 7) is 3.81. The van der Waals surface area contributed by atoms with E-state index in [0.29, 0.717) is 53.2 Å². The van der Waals surface area contributed by atoms with Gasteiger partial charge in [0.2, 0.25) is 0 Å². The molecule has 0 radical (unpaired) electrons. The number of pyridine rings is 3. The van der Waals surface area contributed by atoms with E-state index < -0.39 is 61.8 Å². The summed E-state index contributed by atoms with van der Waals surface area (Å²) in [6.07, 6.45) is 5.81. The van der Waals surface area contributed by atoms with E-state index in [-0.39, 0.29) is 86.5 Å². The van der Waals surface area contributed by atoms with Crippen molar-refractivity contribution < 1.29 is 59.7 Å². The van der Waals surface area contributed by atoms with E-state index in [4.69, 9.17) is 42.0 Å². The first-order valence-electron chi connectivity index (χ1n) is 25.7. The van der Waals surface area contributed by atoms with Gasteiger partial charge in [0.05, 0.1) is 73.9 Å². The van der Waals surface area contributed by atoms with E-state index in [9.17, 15) is 14.4 Å². The van der Waals surface area contributed by atoms with E-state index in [2.05, 4.69) is 0 Å². The van der Waals surface area contributed by atoms with E-state index >= 15 is 17.7 Å². The van der Waals surface area contributed by atoms with Crippen LogP contribution in [-0.4, -0.2) is 54.9 Å². The Morgan fingerprint density at radius 2 is 0.662 bits per heavy atom. The third-order valence-electron chi connectivity index (χ3n) is 13.1. The molecule has 0 aliphatic carbocycles. The van der Waals surface area contributed by atoms with Crippen LogP contribution < -0.4 is 44.7 Å². The SMILES string of the molecule is CCCOc1ccc(F)c2c(=O)c(-c3ccc(OC)cc3)cn(COP(=O)(OCn3cc(-c4ccc(OC)cc4)c(=O)c4c(F)ccc(OCCC)c43)OCn3cc(-c4ccc(OC)cc4)c(=O)c4c(F)ccc(OCCC)c43)c12. The fourth-order valence-corrected chi connectivity index (χ4v) is 10.1. The van der Waals surface area contributed by atoms with Crippen molar-refractivity contribution in [3.63, 3.8) is 0 Å². The number of benzene rings is 6. The number of phosphoric acid groups is 1. The van der Waals surface area contributed by atoms with Gasteiger partial charge in [-0.05, 0) is 109 Å². The summed E-state index contributed by atoms with van der Waals surface area (Å²) >= 11 is 0. The third kappa shape index (κ3) is 11.5. The van der Waals surface area contributed by atoms with Crippen LogP contribution in [0.15, 0.2) is 142 Å². The number of fused-ring (bicyclic) bond motifs is 3. The molecule has 6 aromatic carbocycles. The minimum Gasteiger partial charge on any atom is -0.497 e. The molecule has 80 heavy (non-hydrogen) atoms. The van der Waals surface area contributed by atoms with Crippen molar-refractivity contribution >= 4 is 40.5 Å². The molecule has 0 atom stereocenters. The molecule has 9 rings (SSSR count). The summed E-state index contributed by atoms with van der Waals surface area (Å²) in [5, 5.41) is -1.11. The fourth-order valence-electron chi connectivity index (χ4n) is 9.12. The molecule has 0 spiro atoms. The van der Waals surface area contributed by atoms with Crippen LogP contribution in [0, 0.1) is 17.5 Å². The normalized spacial score (nSPS) is 11.6. The maximum atomic E-state index is 16.2. The predicted molar refractivity (Wildman–Crippen MR) is 299 cm³/mol. The molecule has 3 aromatic heterocycles. The van der Waals surface area contributed by atoms with Crippen molar-refractivity contribution in [3.05, 3.63) is 176 Å². The Bertz CT molecular complexity index is 3560. The van der Waals surface area contributed by atoms with Crippen LogP contribution in [0.1, 0.15) is 40.0 Å². The first-order chi connectivity index (χ1) is 38.7. The molecule has 0 amide bonds. The van der Waals surface area contributed by atoms with Gasteiger partial charge in [-0.25, -0.2) is 17.7 Å². The Labute approximate surface area is 457 Å². The lowest BCUT2D eigenvalue weighted by atomic mass is 10.0. The van der Waals surface area contributed by atoms with Crippen molar-refractivity contribution in [2.45, 2.75) is 60.2 Å². The zero-order valence-electron chi connectivity index (χ0n) is 44.7. The Hall–Kier alpha value is -8.35. The number of halogens is 3. The molecule has 0 fully saturated rings. The maximum absolute atomic E-state index is 16.2. The van der Waals surface area contributed by atoms with E-state index in [1.54, 1.807) is 72.8 Å². The van der Waals surface area contributed by atoms with Crippen LogP contribution in [0.4, 0.5) is 13.2 Å². The topological polar surface area (TPSA) is 166 Å². The first-order valence-corrected chi connectivity index (χ1v) is 27.1. The van der Waals surface area contributed by atoms with Gasteiger partial charge in [-0.2, -0.15) is 0 Å². The molecule has 20 heteroatoms. The number of hydrogen-bond donors (Lipinski definition) is 0. The molecular formula is C60H57F3N3O13P. The zero-order valence-corrected chi connectivity index (χ0v) is 45.6. The van der Waals surface area contributed by atoms with Gasteiger partial charge in [0.15, 0.2) is 16.3 Å². The number of rotatable bonds is 24. The quantitative estimate of drug-likeness (QED) is 0.0525. The van der Waals surface area contributed by atoms with Crippen LogP contribution in [0.2, 0.25) is 0 Å². The minimum atomic E-state index is -5.17. The highest BCUT2D eigenvalue weighted by Gasteiger charge is 2.31. The Kier molecular flexibility index (Phi) is 17.4. The monoisotopic (exact) mass is 1120 g/mol. The maximum Gasteiger partial charge on any atom is 0.480 e. The Morgan fingerprint density at radius 1 is 0.400 bits per heavy atom. The second-order valence-corrected chi connectivity index (χ2v) is 20.0. The molecule has 3 heterocycles. The van der Waals surface area contributed by atoms with Crippen molar-refractivity contribution in [2.24, 2.45) is 0 Å². The number of phosphoric ester groups is 1. The Morgan fingerprint density at radius 3 is 0.900 bits per heavy atom. The highest BCUT2D eigenvalue weighted by Crippen LogP contribution is 2.52. The van der Waals surface area contributed by atoms with Crippen LogP contribution in [0.5, 0.6) is 34.5 Å². The molecule has 0 bridgehead atoms. The van der Waals surface area contributed by atoms with Crippen LogP contribution >= 0.6 is 7.82 Å². The molecule has 16 nitrogen and oxygen atoms in total. The number of methoxy groups -OCH3 is 3. The van der Waals surface area contributed by atoms with Crippen molar-refractivity contribution in [1.29, 1.82) is 0 Å². The van der Waals surface area contributed by atoms with Crippen molar-refractivity contribution in [1.82, 2.24) is 13.7 Å². The lowest BCUT2D eigenvalue weighted by Crippen LogP contribution is -2.19. The molecule has 0 saturated carbocycles. The summed E-state index contributed by atoms with van der Waals surface area (Å²) < 4.78 is 122. The van der Waals surface area contributed by atoms with Gasteiger partial charge < -0.3 is 42.1 Å². The number of ether oxygens (including phenoxy) is 6. The zero-order chi connectivity index (χ0) is 56.7. The summed E-state index contributed by atoms with van der Waals surface area (Å²) in [6, 6.07) is 26.9. The summed E-state index contributed by atoms with van der Waals surface area (Å²) in [7, 11) is -0.717. The number of hydrogen-bond acceptors (Lipinski definition) is 13. The molecule has 0 unspecified atom stereocenters. The summed E-state index contributed by atoms with van der Waals surface area (Å²) in [5.41, 5.74) is -1.04. The summed E-state index contributed by atoms with van der Waals surface area (Å²) in [5.74, 6) is -0.877. The van der Waals surface area contributed by atoms with E-state index in [0.717, 1.165) is 18.2 Å². The van der Waals surface area contributed by atoms with Gasteiger partial charge in [0.1, 0.15) is 72.1 Å². The molecule has 0 N–H and O–H groups in total. The molecule has 9 aromatic rings. The van der Waals surface area contributed by atoms with Gasteiger partial charge >= 0.3 is 7.82 Å². The molecular weight excluding hydrogens is 1060 g/mol. The fraction of sp³-hybridized carbons (Fsp3) is 0.250. The largest absolute Gasteiger partial charge is 0.497 e. The van der Waals surface area contributed by atoms with Crippen LogP contribution in [-0.2, 0) is 38.3 Å². The van der Waals surface area contributed by atoms with Crippen LogP contribution in [0.3, 0.4) is 0 Å². The summed E-state index contributed by atoms with van der Waals surface area (Å²) in [4.78, 5) is 43.2. The molecule has 0 saturated heterocycles. The number of aromatic nitrogens is 3. The van der Waals surface area contributed by atoms with Gasteiger partial charge in [-0.15, -0.1) is 0 Å². The second kappa shape index (κ2) is 24.8. The average Bonchev–Trinajstić information content (AvgIpc) is 3.51. The van der Waals surface area contributed by atoms with Crippen molar-refractivity contribution in [3.8, 4) is 67.9 Å². The third-order valence-corrected chi connectivity index (χ3v) is 14.3. The second-order valence-electron chi connectivity index (χ2n) is 18.3. The van der Waals surface area contributed by atoms with Gasteiger partial charge in [0.25, 0.3) is 0 Å². The lowest BCUT2D eigenvalue weighted by molar-refractivity contribution is 0.0560. The smallest absolute Gasteiger partial charge is 0.480 e. The first kappa shape index (κ1) is 56.4. The number of nitrogens with zero attached hydrogens (tertiary/aromatic N) is 3. The standard InChI is InChI=1S/C60H57F3N3O13P/c1-7-28-74-49-25-22-46(61)52-55(49)64(31-43(58(52)67)37-10-16-40(71-4)17-11-37)34-77-80(70,78-35-65-32-44(38-12-18-41(72-5)19-13-38)59(68)53-47(62)23-26-50(56(53)65)75-29-8-2)79-36-66-33-45(39-14-20-42(73-6)21-15-39)60(69)54-48(63)24-27-51(57(54)66)76-30-9-3/h10-27,31-33H,7-9,28-30,34-36H2,1-6H3. The lowest BCUT2D eigenvalue weighted by Gasteiger charge is -2.24. The van der Waals surface area contributed by atoms with Gasteiger partial charge in [-0.1, -0.05) is 57.2 Å². The molecule has 416 valence electrons. The van der Waals surface area contributed by atoms with Crippen molar-refractivity contribution in [2.75, 3.05) is 41.2 Å².